The molecule has 0 unspecified atom stereocenters. The third-order valence-electron chi connectivity index (χ3n) is 6.25. The molecule has 0 saturated carbocycles. The van der Waals surface area contributed by atoms with Crippen molar-refractivity contribution in [2.75, 3.05) is 5.32 Å². The number of hydrogen-bond donors (Lipinski definition) is 1. The van der Waals surface area contributed by atoms with E-state index >= 15 is 0 Å². The van der Waals surface area contributed by atoms with Crippen LogP contribution < -0.4 is 5.32 Å². The molecule has 0 amide bonds. The Morgan fingerprint density at radius 1 is 0.455 bits per heavy atom. The number of para-hydroxylation sites is 1. The van der Waals surface area contributed by atoms with Gasteiger partial charge in [-0.1, -0.05) is 60.7 Å². The van der Waals surface area contributed by atoms with Crippen LogP contribution in [0.15, 0.2) is 118 Å². The highest BCUT2D eigenvalue weighted by Gasteiger charge is 2.13. The molecule has 0 spiro atoms. The quantitative estimate of drug-likeness (QED) is 0.307. The lowest BCUT2D eigenvalue weighted by Crippen LogP contribution is -1.89. The van der Waals surface area contributed by atoms with Crippen LogP contribution in [-0.2, 0) is 0 Å². The highest BCUT2D eigenvalue weighted by atomic mass is 16.3. The predicted molar refractivity (Wildman–Crippen MR) is 136 cm³/mol. The minimum atomic E-state index is 0.884. The number of anilines is 2. The third kappa shape index (κ3) is 2.90. The second-order valence-electron chi connectivity index (χ2n) is 8.29. The molecule has 0 radical (unpaired) electrons. The van der Waals surface area contributed by atoms with Crippen molar-refractivity contribution in [3.63, 3.8) is 0 Å². The lowest BCUT2D eigenvalue weighted by Gasteiger charge is -2.07. The summed E-state index contributed by atoms with van der Waals surface area (Å²) in [5, 5.41) is 8.04. The molecule has 0 aliphatic heterocycles. The zero-order valence-electron chi connectivity index (χ0n) is 17.7. The van der Waals surface area contributed by atoms with Crippen LogP contribution in [0.2, 0.25) is 0 Å². The Balaban J connectivity index is 1.36. The van der Waals surface area contributed by atoms with E-state index in [9.17, 15) is 0 Å². The Morgan fingerprint density at radius 3 is 1.94 bits per heavy atom. The first-order valence-electron chi connectivity index (χ1n) is 11.0. The van der Waals surface area contributed by atoms with Gasteiger partial charge in [-0.15, -0.1) is 0 Å². The molecular formula is C30H19NO2. The molecule has 0 bridgehead atoms. The van der Waals surface area contributed by atoms with Crippen LogP contribution >= 0.6 is 0 Å². The molecule has 0 aliphatic carbocycles. The molecule has 7 rings (SSSR count). The summed E-state index contributed by atoms with van der Waals surface area (Å²) in [4.78, 5) is 0. The first-order valence-corrected chi connectivity index (χ1v) is 11.0. The van der Waals surface area contributed by atoms with Gasteiger partial charge in [-0.05, 0) is 59.7 Å². The minimum Gasteiger partial charge on any atom is -0.456 e. The lowest BCUT2D eigenvalue weighted by molar-refractivity contribution is 0.668. The van der Waals surface area contributed by atoms with Crippen molar-refractivity contribution in [1.82, 2.24) is 0 Å². The van der Waals surface area contributed by atoms with E-state index in [-0.39, 0.29) is 0 Å². The summed E-state index contributed by atoms with van der Waals surface area (Å²) in [5.41, 5.74) is 7.97. The monoisotopic (exact) mass is 425 g/mol. The van der Waals surface area contributed by atoms with Crippen LogP contribution in [0.4, 0.5) is 11.4 Å². The summed E-state index contributed by atoms with van der Waals surface area (Å²) in [6.45, 7) is 0. The fraction of sp³-hybridized carbons (Fsp3) is 0. The number of hydrogen-bond acceptors (Lipinski definition) is 3. The van der Waals surface area contributed by atoms with Crippen LogP contribution in [0, 0.1) is 0 Å². The second-order valence-corrected chi connectivity index (χ2v) is 8.29. The van der Waals surface area contributed by atoms with E-state index in [1.165, 1.54) is 11.1 Å². The van der Waals surface area contributed by atoms with Gasteiger partial charge in [0.15, 0.2) is 0 Å². The summed E-state index contributed by atoms with van der Waals surface area (Å²) >= 11 is 0. The zero-order chi connectivity index (χ0) is 21.8. The van der Waals surface area contributed by atoms with Gasteiger partial charge in [0.25, 0.3) is 0 Å². The van der Waals surface area contributed by atoms with E-state index in [1.807, 2.05) is 42.5 Å². The van der Waals surface area contributed by atoms with Crippen molar-refractivity contribution >= 4 is 55.3 Å². The number of rotatable bonds is 3. The van der Waals surface area contributed by atoms with Crippen molar-refractivity contribution in [1.29, 1.82) is 0 Å². The molecule has 2 aromatic heterocycles. The van der Waals surface area contributed by atoms with Crippen molar-refractivity contribution < 1.29 is 8.83 Å². The smallest absolute Gasteiger partial charge is 0.136 e. The van der Waals surface area contributed by atoms with E-state index in [1.54, 1.807) is 0 Å². The molecule has 0 fully saturated rings. The van der Waals surface area contributed by atoms with Crippen molar-refractivity contribution in [3.8, 4) is 11.1 Å². The van der Waals surface area contributed by atoms with Gasteiger partial charge in [0.05, 0.1) is 0 Å². The summed E-state index contributed by atoms with van der Waals surface area (Å²) in [6.07, 6.45) is 0. The topological polar surface area (TPSA) is 38.3 Å². The van der Waals surface area contributed by atoms with Crippen LogP contribution in [0.1, 0.15) is 0 Å². The molecule has 0 saturated heterocycles. The fourth-order valence-electron chi connectivity index (χ4n) is 4.73. The molecule has 5 aromatic carbocycles. The number of fused-ring (bicyclic) bond motifs is 6. The first-order chi connectivity index (χ1) is 16.3. The van der Waals surface area contributed by atoms with Gasteiger partial charge in [-0.25, -0.2) is 0 Å². The molecule has 156 valence electrons. The van der Waals surface area contributed by atoms with Crippen molar-refractivity contribution in [2.24, 2.45) is 0 Å². The maximum atomic E-state index is 6.18. The average Bonchev–Trinajstić information content (AvgIpc) is 3.42. The van der Waals surface area contributed by atoms with Gasteiger partial charge in [-0.3, -0.25) is 0 Å². The van der Waals surface area contributed by atoms with Crippen molar-refractivity contribution in [3.05, 3.63) is 109 Å². The summed E-state index contributed by atoms with van der Waals surface area (Å²) < 4.78 is 12.1. The number of nitrogens with one attached hydrogen (secondary N) is 1. The Bertz CT molecular complexity index is 1790. The van der Waals surface area contributed by atoms with E-state index in [0.29, 0.717) is 0 Å². The zero-order valence-corrected chi connectivity index (χ0v) is 17.7. The third-order valence-corrected chi connectivity index (χ3v) is 6.25. The van der Waals surface area contributed by atoms with Crippen LogP contribution in [0.25, 0.3) is 55.0 Å². The average molecular weight is 425 g/mol. The summed E-state index contributed by atoms with van der Waals surface area (Å²) in [7, 11) is 0. The van der Waals surface area contributed by atoms with E-state index in [4.69, 9.17) is 8.83 Å². The molecule has 1 N–H and O–H groups in total. The fourth-order valence-corrected chi connectivity index (χ4v) is 4.73. The maximum absolute atomic E-state index is 6.18. The SMILES string of the molecule is c1ccc(-c2cccc3oc4ccc(Nc5ccc6oc7ccccc7c6c5)cc4c23)cc1. The molecule has 7 aromatic rings. The van der Waals surface area contributed by atoms with Crippen molar-refractivity contribution in [2.45, 2.75) is 0 Å². The molecule has 33 heavy (non-hydrogen) atoms. The molecule has 2 heterocycles. The Kier molecular flexibility index (Phi) is 3.84. The molecular weight excluding hydrogens is 406 g/mol. The lowest BCUT2D eigenvalue weighted by atomic mass is 9.99. The van der Waals surface area contributed by atoms with Crippen LogP contribution in [-0.4, -0.2) is 0 Å². The Morgan fingerprint density at radius 2 is 1.09 bits per heavy atom. The number of furan rings is 2. The molecule has 3 nitrogen and oxygen atoms in total. The molecule has 0 atom stereocenters. The van der Waals surface area contributed by atoms with Crippen LogP contribution in [0.5, 0.6) is 0 Å². The second kappa shape index (κ2) is 7.01. The first kappa shape index (κ1) is 18.1. The minimum absolute atomic E-state index is 0.884. The summed E-state index contributed by atoms with van der Waals surface area (Å²) in [6, 6.07) is 37.3. The van der Waals surface area contributed by atoms with Crippen LogP contribution in [0.3, 0.4) is 0 Å². The van der Waals surface area contributed by atoms with E-state index < -0.39 is 0 Å². The van der Waals surface area contributed by atoms with Gasteiger partial charge in [0.1, 0.15) is 22.3 Å². The normalized spacial score (nSPS) is 11.6. The highest BCUT2D eigenvalue weighted by molar-refractivity contribution is 6.13. The number of benzene rings is 5. The van der Waals surface area contributed by atoms with Gasteiger partial charge in [0.2, 0.25) is 0 Å². The maximum Gasteiger partial charge on any atom is 0.136 e. The van der Waals surface area contributed by atoms with Gasteiger partial charge < -0.3 is 14.2 Å². The predicted octanol–water partition coefficient (Wildman–Crippen LogP) is 8.90. The largest absolute Gasteiger partial charge is 0.456 e. The molecule has 0 aliphatic rings. The Hall–Kier alpha value is -4.50. The highest BCUT2D eigenvalue weighted by Crippen LogP contribution is 2.38. The van der Waals surface area contributed by atoms with Gasteiger partial charge in [0, 0.05) is 32.9 Å². The van der Waals surface area contributed by atoms with Gasteiger partial charge in [-0.2, -0.15) is 0 Å². The van der Waals surface area contributed by atoms with E-state index in [0.717, 1.165) is 55.3 Å². The Labute approximate surface area is 189 Å². The van der Waals surface area contributed by atoms with Gasteiger partial charge >= 0.3 is 0 Å². The molecule has 3 heteroatoms. The van der Waals surface area contributed by atoms with E-state index in [2.05, 4.69) is 72.0 Å². The summed E-state index contributed by atoms with van der Waals surface area (Å²) in [5.74, 6) is 0. The standard InChI is InChI=1S/C30H19NO2/c1-2-7-19(8-3-1)22-10-6-12-29-30(22)25-18-21(14-16-28(25)33-29)31-20-13-15-27-24(17-20)23-9-4-5-11-26(23)32-27/h1-18,31H.